The molecule has 1 unspecified atom stereocenters. The second kappa shape index (κ2) is 7.84. The maximum absolute atomic E-state index is 12.9. The van der Waals surface area contributed by atoms with Crippen molar-refractivity contribution in [2.75, 3.05) is 26.2 Å². The van der Waals surface area contributed by atoms with Crippen LogP contribution in [0, 0.1) is 11.3 Å². The van der Waals surface area contributed by atoms with Crippen LogP contribution in [0.3, 0.4) is 0 Å². The minimum Gasteiger partial charge on any atom is -0.344 e. The average molecular weight is 344 g/mol. The first-order chi connectivity index (χ1) is 10.6. The Hall–Kier alpha value is -0.810. The number of amides is 2. The third kappa shape index (κ3) is 4.18. The van der Waals surface area contributed by atoms with Crippen molar-refractivity contribution in [3.8, 4) is 0 Å². The summed E-state index contributed by atoms with van der Waals surface area (Å²) in [6.07, 6.45) is 7.95. The number of nitrogens with zero attached hydrogens (tertiary/aromatic N) is 1. The summed E-state index contributed by atoms with van der Waals surface area (Å²) in [5, 5.41) is 6.40. The number of hydrogen-bond donors (Lipinski definition) is 2. The van der Waals surface area contributed by atoms with Gasteiger partial charge in [-0.05, 0) is 50.0 Å². The Bertz CT molecular complexity index is 422. The molecule has 2 aliphatic heterocycles. The first-order valence-electron chi connectivity index (χ1n) is 8.86. The number of carbonyl (C=O) groups is 2. The summed E-state index contributed by atoms with van der Waals surface area (Å²) in [7, 11) is 0. The molecule has 132 valence electrons. The monoisotopic (exact) mass is 343 g/mol. The topological polar surface area (TPSA) is 61.4 Å². The summed E-state index contributed by atoms with van der Waals surface area (Å²) in [6, 6.07) is -0.296. The predicted molar refractivity (Wildman–Crippen MR) is 92.5 cm³/mol. The fraction of sp³-hybridized carbons (Fsp3) is 0.882. The van der Waals surface area contributed by atoms with Crippen LogP contribution < -0.4 is 10.6 Å². The van der Waals surface area contributed by atoms with Gasteiger partial charge in [0.15, 0.2) is 0 Å². The molecule has 5 nitrogen and oxygen atoms in total. The van der Waals surface area contributed by atoms with Crippen LogP contribution in [0.1, 0.15) is 51.9 Å². The van der Waals surface area contributed by atoms with Crippen molar-refractivity contribution >= 4 is 24.2 Å². The summed E-state index contributed by atoms with van der Waals surface area (Å²) in [6.45, 7) is 5.44. The van der Waals surface area contributed by atoms with E-state index in [0.717, 1.165) is 51.9 Å². The fourth-order valence-electron chi connectivity index (χ4n) is 4.51. The van der Waals surface area contributed by atoms with Gasteiger partial charge < -0.3 is 15.5 Å². The zero-order valence-corrected chi connectivity index (χ0v) is 14.9. The summed E-state index contributed by atoms with van der Waals surface area (Å²) < 4.78 is 0. The van der Waals surface area contributed by atoms with Gasteiger partial charge in [0.25, 0.3) is 0 Å². The number of carbonyl (C=O) groups excluding carboxylic acids is 2. The van der Waals surface area contributed by atoms with Gasteiger partial charge in [-0.1, -0.05) is 12.8 Å². The summed E-state index contributed by atoms with van der Waals surface area (Å²) in [5.74, 6) is 0.405. The van der Waals surface area contributed by atoms with E-state index < -0.39 is 0 Å². The Balaban J connectivity index is 0.00000192. The normalized spacial score (nSPS) is 25.2. The van der Waals surface area contributed by atoms with Crippen LogP contribution >= 0.6 is 12.4 Å². The first-order valence-corrected chi connectivity index (χ1v) is 8.86. The molecule has 2 heterocycles. The zero-order chi connectivity index (χ0) is 15.6. The maximum atomic E-state index is 12.9. The largest absolute Gasteiger partial charge is 0.344 e. The molecule has 2 amide bonds. The standard InChI is InChI=1S/C17H29N3O2.ClH/c1-13(21)19-15(14-4-2-3-5-14)16(22)20-10-7-17(8-11-20)6-9-18-12-17;/h14-15,18H,2-12H2,1H3,(H,19,21);1H. The Kier molecular flexibility index (Phi) is 6.32. The number of nitrogens with one attached hydrogen (secondary N) is 2. The van der Waals surface area contributed by atoms with E-state index in [1.54, 1.807) is 0 Å². The molecule has 2 saturated heterocycles. The van der Waals surface area contributed by atoms with E-state index in [2.05, 4.69) is 10.6 Å². The molecule has 23 heavy (non-hydrogen) atoms. The van der Waals surface area contributed by atoms with E-state index in [1.807, 2.05) is 4.90 Å². The minimum absolute atomic E-state index is 0. The van der Waals surface area contributed by atoms with Crippen molar-refractivity contribution in [3.63, 3.8) is 0 Å². The predicted octanol–water partition coefficient (Wildman–Crippen LogP) is 1.71. The molecule has 3 aliphatic rings. The quantitative estimate of drug-likeness (QED) is 0.820. The lowest BCUT2D eigenvalue weighted by Crippen LogP contribution is -2.54. The Morgan fingerprint density at radius 3 is 2.35 bits per heavy atom. The molecule has 1 spiro atoms. The molecular formula is C17H30ClN3O2. The van der Waals surface area contributed by atoms with Crippen LogP contribution in [-0.4, -0.2) is 48.9 Å². The Morgan fingerprint density at radius 2 is 1.83 bits per heavy atom. The molecule has 0 bridgehead atoms. The van der Waals surface area contributed by atoms with Crippen molar-refractivity contribution in [2.24, 2.45) is 11.3 Å². The van der Waals surface area contributed by atoms with Gasteiger partial charge >= 0.3 is 0 Å². The van der Waals surface area contributed by atoms with Crippen molar-refractivity contribution in [1.82, 2.24) is 15.5 Å². The average Bonchev–Trinajstić information content (AvgIpc) is 3.17. The molecule has 1 aliphatic carbocycles. The van der Waals surface area contributed by atoms with Gasteiger partial charge in [-0.15, -0.1) is 12.4 Å². The lowest BCUT2D eigenvalue weighted by Gasteiger charge is -2.40. The van der Waals surface area contributed by atoms with Gasteiger partial charge in [0.1, 0.15) is 6.04 Å². The van der Waals surface area contributed by atoms with Crippen LogP contribution in [0.4, 0.5) is 0 Å². The summed E-state index contributed by atoms with van der Waals surface area (Å²) >= 11 is 0. The van der Waals surface area contributed by atoms with Crippen molar-refractivity contribution in [1.29, 1.82) is 0 Å². The SMILES string of the molecule is CC(=O)NC(C(=O)N1CCC2(CCNC2)CC1)C1CCCC1.Cl. The molecule has 1 atom stereocenters. The van der Waals surface area contributed by atoms with E-state index in [1.165, 1.54) is 26.2 Å². The Labute approximate surface area is 145 Å². The highest BCUT2D eigenvalue weighted by molar-refractivity contribution is 5.87. The molecule has 0 aromatic heterocycles. The maximum Gasteiger partial charge on any atom is 0.245 e. The molecular weight excluding hydrogens is 314 g/mol. The molecule has 3 fully saturated rings. The van der Waals surface area contributed by atoms with Crippen molar-refractivity contribution < 1.29 is 9.59 Å². The van der Waals surface area contributed by atoms with Crippen LogP contribution in [0.15, 0.2) is 0 Å². The fourth-order valence-corrected chi connectivity index (χ4v) is 4.51. The van der Waals surface area contributed by atoms with Gasteiger partial charge in [-0.2, -0.15) is 0 Å². The number of halogens is 1. The van der Waals surface area contributed by atoms with Gasteiger partial charge in [-0.25, -0.2) is 0 Å². The van der Waals surface area contributed by atoms with Crippen molar-refractivity contribution in [3.05, 3.63) is 0 Å². The van der Waals surface area contributed by atoms with Crippen LogP contribution in [-0.2, 0) is 9.59 Å². The van der Waals surface area contributed by atoms with E-state index in [-0.39, 0.29) is 30.3 Å². The van der Waals surface area contributed by atoms with Gasteiger partial charge in [-0.3, -0.25) is 9.59 Å². The molecule has 1 saturated carbocycles. The van der Waals surface area contributed by atoms with Gasteiger partial charge in [0, 0.05) is 26.6 Å². The second-order valence-electron chi connectivity index (χ2n) is 7.47. The highest BCUT2D eigenvalue weighted by Crippen LogP contribution is 2.37. The van der Waals surface area contributed by atoms with E-state index in [9.17, 15) is 9.59 Å². The van der Waals surface area contributed by atoms with Crippen LogP contribution in [0.5, 0.6) is 0 Å². The molecule has 3 rings (SSSR count). The highest BCUT2D eigenvalue weighted by atomic mass is 35.5. The highest BCUT2D eigenvalue weighted by Gasteiger charge is 2.40. The van der Waals surface area contributed by atoms with Crippen LogP contribution in [0.25, 0.3) is 0 Å². The smallest absolute Gasteiger partial charge is 0.245 e. The number of hydrogen-bond acceptors (Lipinski definition) is 3. The van der Waals surface area contributed by atoms with E-state index >= 15 is 0 Å². The number of rotatable bonds is 3. The minimum atomic E-state index is -0.296. The molecule has 2 N–H and O–H groups in total. The summed E-state index contributed by atoms with van der Waals surface area (Å²) in [4.78, 5) is 26.4. The summed E-state index contributed by atoms with van der Waals surface area (Å²) in [5.41, 5.74) is 0.424. The van der Waals surface area contributed by atoms with Gasteiger partial charge in [0.2, 0.25) is 11.8 Å². The van der Waals surface area contributed by atoms with Gasteiger partial charge in [0.05, 0.1) is 0 Å². The third-order valence-electron chi connectivity index (χ3n) is 5.96. The van der Waals surface area contributed by atoms with E-state index in [4.69, 9.17) is 0 Å². The van der Waals surface area contributed by atoms with Crippen LogP contribution in [0.2, 0.25) is 0 Å². The molecule has 0 aromatic rings. The lowest BCUT2D eigenvalue weighted by molar-refractivity contribution is -0.139. The van der Waals surface area contributed by atoms with Crippen molar-refractivity contribution in [2.45, 2.75) is 57.9 Å². The number of piperidine rings is 1. The molecule has 0 aromatic carbocycles. The Morgan fingerprint density at radius 1 is 1.17 bits per heavy atom. The first kappa shape index (κ1) is 18.5. The lowest BCUT2D eigenvalue weighted by atomic mass is 9.77. The molecule has 6 heteroatoms. The molecule has 0 radical (unpaired) electrons. The zero-order valence-electron chi connectivity index (χ0n) is 14.1. The third-order valence-corrected chi connectivity index (χ3v) is 5.96. The van der Waals surface area contributed by atoms with E-state index in [0.29, 0.717) is 11.3 Å². The number of likely N-dealkylation sites (tertiary alicyclic amines) is 1. The second-order valence-corrected chi connectivity index (χ2v) is 7.47.